The number of benzene rings is 1. The third-order valence-electron chi connectivity index (χ3n) is 5.22. The molecule has 0 bridgehead atoms. The van der Waals surface area contributed by atoms with E-state index in [9.17, 15) is 9.59 Å². The lowest BCUT2D eigenvalue weighted by molar-refractivity contribution is -0.137. The first-order valence-electron chi connectivity index (χ1n) is 9.77. The molecule has 2 amide bonds. The van der Waals surface area contributed by atoms with Crippen molar-refractivity contribution in [2.75, 3.05) is 37.6 Å². The number of nitrogens with zero attached hydrogens (tertiary/aromatic N) is 4. The molecule has 2 aliphatic rings. The molecule has 0 saturated carbocycles. The molecule has 144 valence electrons. The second-order valence-corrected chi connectivity index (χ2v) is 7.01. The van der Waals surface area contributed by atoms with E-state index in [2.05, 4.69) is 14.8 Å². The molecule has 0 spiro atoms. The van der Waals surface area contributed by atoms with E-state index in [-0.39, 0.29) is 11.8 Å². The zero-order valence-electron chi connectivity index (χ0n) is 16.0. The van der Waals surface area contributed by atoms with Gasteiger partial charge in [0.05, 0.1) is 5.57 Å². The summed E-state index contributed by atoms with van der Waals surface area (Å²) in [5.74, 6) is 0.595. The van der Waals surface area contributed by atoms with Crippen LogP contribution in [0.2, 0.25) is 0 Å². The molecular formula is C22H24N4O2. The third kappa shape index (κ3) is 3.26. The minimum absolute atomic E-state index is 0.169. The van der Waals surface area contributed by atoms with E-state index in [1.54, 1.807) is 6.20 Å². The largest absolute Gasteiger partial charge is 0.363 e. The summed E-state index contributed by atoms with van der Waals surface area (Å²) in [7, 11) is 0. The first-order chi connectivity index (χ1) is 13.7. The van der Waals surface area contributed by atoms with Crippen LogP contribution in [0.3, 0.4) is 0 Å². The Balaban J connectivity index is 1.62. The highest BCUT2D eigenvalue weighted by Gasteiger charge is 2.41. The van der Waals surface area contributed by atoms with Gasteiger partial charge in [-0.1, -0.05) is 43.3 Å². The average molecular weight is 376 g/mol. The van der Waals surface area contributed by atoms with Gasteiger partial charge in [0, 0.05) is 38.9 Å². The van der Waals surface area contributed by atoms with Gasteiger partial charge in [-0.15, -0.1) is 0 Å². The van der Waals surface area contributed by atoms with E-state index in [0.29, 0.717) is 30.9 Å². The molecule has 2 aliphatic heterocycles. The molecule has 0 unspecified atom stereocenters. The first-order valence-corrected chi connectivity index (χ1v) is 9.77. The molecule has 1 fully saturated rings. The van der Waals surface area contributed by atoms with Gasteiger partial charge in [0.25, 0.3) is 11.8 Å². The fraction of sp³-hybridized carbons (Fsp3) is 0.318. The minimum atomic E-state index is -0.180. The van der Waals surface area contributed by atoms with Gasteiger partial charge >= 0.3 is 0 Å². The van der Waals surface area contributed by atoms with Gasteiger partial charge in [-0.25, -0.2) is 4.98 Å². The maximum absolute atomic E-state index is 13.1. The molecule has 6 nitrogen and oxygen atoms in total. The van der Waals surface area contributed by atoms with Crippen molar-refractivity contribution in [3.63, 3.8) is 0 Å². The lowest BCUT2D eigenvalue weighted by Crippen LogP contribution is -2.48. The summed E-state index contributed by atoms with van der Waals surface area (Å²) < 4.78 is 0. The van der Waals surface area contributed by atoms with Crippen LogP contribution in [0.4, 0.5) is 5.82 Å². The highest BCUT2D eigenvalue weighted by Crippen LogP contribution is 2.32. The van der Waals surface area contributed by atoms with Gasteiger partial charge in [0.2, 0.25) is 0 Å². The number of pyridine rings is 1. The van der Waals surface area contributed by atoms with Crippen molar-refractivity contribution in [3.8, 4) is 0 Å². The molecule has 0 aliphatic carbocycles. The summed E-state index contributed by atoms with van der Waals surface area (Å²) in [6.07, 6.45) is 2.54. The Morgan fingerprint density at radius 3 is 2.18 bits per heavy atom. The maximum Gasteiger partial charge on any atom is 0.277 e. The maximum atomic E-state index is 13.1. The van der Waals surface area contributed by atoms with Gasteiger partial charge in [0.15, 0.2) is 0 Å². The summed E-state index contributed by atoms with van der Waals surface area (Å²) >= 11 is 0. The molecule has 28 heavy (non-hydrogen) atoms. The summed E-state index contributed by atoms with van der Waals surface area (Å²) in [4.78, 5) is 36.3. The van der Waals surface area contributed by atoms with Crippen molar-refractivity contribution in [2.24, 2.45) is 0 Å². The smallest absolute Gasteiger partial charge is 0.277 e. The number of piperazine rings is 1. The van der Waals surface area contributed by atoms with Gasteiger partial charge in [-0.05, 0) is 24.1 Å². The van der Waals surface area contributed by atoms with Crippen molar-refractivity contribution >= 4 is 23.2 Å². The highest BCUT2D eigenvalue weighted by molar-refractivity contribution is 6.35. The number of amides is 2. The van der Waals surface area contributed by atoms with Crippen molar-refractivity contribution < 1.29 is 9.59 Å². The average Bonchev–Trinajstić information content (AvgIpc) is 3.00. The Kier molecular flexibility index (Phi) is 5.10. The number of hydrogen-bond donors (Lipinski definition) is 0. The number of anilines is 1. The Morgan fingerprint density at radius 1 is 0.857 bits per heavy atom. The monoisotopic (exact) mass is 376 g/mol. The molecule has 4 rings (SSSR count). The SMILES string of the molecule is CCCN1C(=O)C(c2ccccc2)=C(N2CCN(c3ccccn3)CC2)C1=O. The summed E-state index contributed by atoms with van der Waals surface area (Å²) in [6.45, 7) is 5.32. The fourth-order valence-corrected chi connectivity index (χ4v) is 3.85. The van der Waals surface area contributed by atoms with E-state index >= 15 is 0 Å². The predicted molar refractivity (Wildman–Crippen MR) is 108 cm³/mol. The number of imide groups is 1. The zero-order chi connectivity index (χ0) is 19.5. The molecule has 3 heterocycles. The lowest BCUT2D eigenvalue weighted by atomic mass is 10.0. The molecule has 0 radical (unpaired) electrons. The quantitative estimate of drug-likeness (QED) is 0.750. The van der Waals surface area contributed by atoms with Gasteiger partial charge in [-0.3, -0.25) is 14.5 Å². The Labute approximate surface area is 165 Å². The molecule has 0 atom stereocenters. The standard InChI is InChI=1S/C22H24N4O2/c1-2-12-26-21(27)19(17-8-4-3-5-9-17)20(22(26)28)25-15-13-24(14-16-25)18-10-6-7-11-23-18/h3-11H,2,12-16H2,1H3. The molecule has 2 aromatic rings. The second kappa shape index (κ2) is 7.84. The van der Waals surface area contributed by atoms with Crippen LogP contribution in [-0.4, -0.2) is 59.3 Å². The number of rotatable bonds is 5. The van der Waals surface area contributed by atoms with Crippen LogP contribution in [0.5, 0.6) is 0 Å². The Hall–Kier alpha value is -3.15. The molecule has 1 aromatic heterocycles. The summed E-state index contributed by atoms with van der Waals surface area (Å²) in [6, 6.07) is 15.4. The van der Waals surface area contributed by atoms with E-state index in [1.165, 1.54) is 4.90 Å². The number of carbonyl (C=O) groups excluding carboxylic acids is 2. The highest BCUT2D eigenvalue weighted by atomic mass is 16.2. The van der Waals surface area contributed by atoms with Crippen LogP contribution < -0.4 is 4.90 Å². The summed E-state index contributed by atoms with van der Waals surface area (Å²) in [5.41, 5.74) is 1.89. The van der Waals surface area contributed by atoms with Crippen LogP contribution in [0.25, 0.3) is 5.57 Å². The van der Waals surface area contributed by atoms with E-state index < -0.39 is 0 Å². The predicted octanol–water partition coefficient (Wildman–Crippen LogP) is 2.39. The number of carbonyl (C=O) groups is 2. The van der Waals surface area contributed by atoms with E-state index in [4.69, 9.17) is 0 Å². The van der Waals surface area contributed by atoms with Crippen molar-refractivity contribution in [2.45, 2.75) is 13.3 Å². The fourth-order valence-electron chi connectivity index (χ4n) is 3.85. The van der Waals surface area contributed by atoms with Crippen molar-refractivity contribution in [1.29, 1.82) is 0 Å². The molecular weight excluding hydrogens is 352 g/mol. The van der Waals surface area contributed by atoms with Crippen LogP contribution in [0, 0.1) is 0 Å². The topological polar surface area (TPSA) is 56.8 Å². The zero-order valence-corrected chi connectivity index (χ0v) is 16.0. The lowest BCUT2D eigenvalue weighted by Gasteiger charge is -2.37. The Bertz CT molecular complexity index is 887. The first kappa shape index (κ1) is 18.2. The van der Waals surface area contributed by atoms with Crippen LogP contribution in [-0.2, 0) is 9.59 Å². The van der Waals surface area contributed by atoms with Crippen molar-refractivity contribution in [3.05, 3.63) is 66.0 Å². The van der Waals surface area contributed by atoms with Crippen LogP contribution in [0.1, 0.15) is 18.9 Å². The third-order valence-corrected chi connectivity index (χ3v) is 5.22. The van der Waals surface area contributed by atoms with Gasteiger partial charge in [-0.2, -0.15) is 0 Å². The molecule has 1 aromatic carbocycles. The van der Waals surface area contributed by atoms with Crippen molar-refractivity contribution in [1.82, 2.24) is 14.8 Å². The normalized spacial score (nSPS) is 17.7. The van der Waals surface area contributed by atoms with E-state index in [1.807, 2.05) is 55.5 Å². The molecule has 1 saturated heterocycles. The van der Waals surface area contributed by atoms with Gasteiger partial charge < -0.3 is 9.80 Å². The van der Waals surface area contributed by atoms with E-state index in [0.717, 1.165) is 30.9 Å². The number of hydrogen-bond acceptors (Lipinski definition) is 5. The summed E-state index contributed by atoms with van der Waals surface area (Å²) in [5, 5.41) is 0. The van der Waals surface area contributed by atoms with Gasteiger partial charge in [0.1, 0.15) is 11.5 Å². The number of aromatic nitrogens is 1. The molecule has 6 heteroatoms. The second-order valence-electron chi connectivity index (χ2n) is 7.01. The Morgan fingerprint density at radius 2 is 1.54 bits per heavy atom. The minimum Gasteiger partial charge on any atom is -0.363 e. The van der Waals surface area contributed by atoms with Crippen LogP contribution >= 0.6 is 0 Å². The molecule has 0 N–H and O–H groups in total. The van der Waals surface area contributed by atoms with Crippen LogP contribution in [0.15, 0.2) is 60.4 Å².